The molecule has 1 aliphatic rings. The second-order valence-corrected chi connectivity index (χ2v) is 4.98. The molecule has 2 heterocycles. The standard InChI is InChI=1S/C14H20N4O2.ClH/c15-11-4-5-12(16-9-11)8-13(19)17-10-14(20)18-6-2-1-3-7-18;/h4-5,9H,1-3,6-8,10,15H2,(H,17,19);1H. The highest BCUT2D eigenvalue weighted by Gasteiger charge is 2.16. The van der Waals surface area contributed by atoms with Crippen LogP contribution in [0.2, 0.25) is 0 Å². The van der Waals surface area contributed by atoms with Gasteiger partial charge in [0.2, 0.25) is 11.8 Å². The van der Waals surface area contributed by atoms with Gasteiger partial charge < -0.3 is 16.0 Å². The quantitative estimate of drug-likeness (QED) is 0.859. The number of nitrogens with zero attached hydrogens (tertiary/aromatic N) is 2. The Morgan fingerprint density at radius 1 is 1.24 bits per heavy atom. The fourth-order valence-electron chi connectivity index (χ4n) is 2.20. The summed E-state index contributed by atoms with van der Waals surface area (Å²) >= 11 is 0. The van der Waals surface area contributed by atoms with Crippen molar-refractivity contribution < 1.29 is 9.59 Å². The highest BCUT2D eigenvalue weighted by atomic mass is 35.5. The van der Waals surface area contributed by atoms with Gasteiger partial charge in [0.25, 0.3) is 0 Å². The van der Waals surface area contributed by atoms with Crippen LogP contribution in [0.15, 0.2) is 18.3 Å². The van der Waals surface area contributed by atoms with Gasteiger partial charge in [-0.05, 0) is 31.4 Å². The Kier molecular flexibility index (Phi) is 6.94. The number of nitrogen functional groups attached to an aromatic ring is 1. The van der Waals surface area contributed by atoms with Crippen LogP contribution in [0.1, 0.15) is 25.0 Å². The van der Waals surface area contributed by atoms with Crippen molar-refractivity contribution in [2.45, 2.75) is 25.7 Å². The lowest BCUT2D eigenvalue weighted by Gasteiger charge is -2.26. The lowest BCUT2D eigenvalue weighted by molar-refractivity contribution is -0.133. The first-order chi connectivity index (χ1) is 9.65. The number of pyridine rings is 1. The molecule has 0 aromatic carbocycles. The van der Waals surface area contributed by atoms with Gasteiger partial charge in [-0.3, -0.25) is 14.6 Å². The number of anilines is 1. The summed E-state index contributed by atoms with van der Waals surface area (Å²) in [5.41, 5.74) is 6.73. The zero-order valence-corrected chi connectivity index (χ0v) is 12.7. The first-order valence-corrected chi connectivity index (χ1v) is 6.90. The molecule has 0 aliphatic carbocycles. The number of amides is 2. The van der Waals surface area contributed by atoms with Crippen molar-refractivity contribution in [2.75, 3.05) is 25.4 Å². The van der Waals surface area contributed by atoms with Gasteiger partial charge >= 0.3 is 0 Å². The third-order valence-electron chi connectivity index (χ3n) is 3.33. The van der Waals surface area contributed by atoms with Crippen LogP contribution in [-0.2, 0) is 16.0 Å². The summed E-state index contributed by atoms with van der Waals surface area (Å²) in [7, 11) is 0. The SMILES string of the molecule is Cl.Nc1ccc(CC(=O)NCC(=O)N2CCCCC2)nc1. The maximum Gasteiger partial charge on any atom is 0.241 e. The summed E-state index contributed by atoms with van der Waals surface area (Å²) in [5, 5.41) is 2.64. The van der Waals surface area contributed by atoms with Crippen molar-refractivity contribution in [1.29, 1.82) is 0 Å². The van der Waals surface area contributed by atoms with Crippen molar-refractivity contribution in [3.63, 3.8) is 0 Å². The second-order valence-electron chi connectivity index (χ2n) is 4.98. The minimum Gasteiger partial charge on any atom is -0.397 e. The molecule has 0 saturated carbocycles. The maximum absolute atomic E-state index is 11.9. The molecule has 0 spiro atoms. The highest BCUT2D eigenvalue weighted by Crippen LogP contribution is 2.08. The molecule has 21 heavy (non-hydrogen) atoms. The fraction of sp³-hybridized carbons (Fsp3) is 0.500. The molecular formula is C14H21ClN4O2. The number of hydrogen-bond acceptors (Lipinski definition) is 4. The Morgan fingerprint density at radius 3 is 2.57 bits per heavy atom. The van der Waals surface area contributed by atoms with Crippen LogP contribution >= 0.6 is 12.4 Å². The van der Waals surface area contributed by atoms with E-state index in [4.69, 9.17) is 5.73 Å². The van der Waals surface area contributed by atoms with E-state index in [0.717, 1.165) is 25.9 Å². The fourth-order valence-corrected chi connectivity index (χ4v) is 2.20. The third kappa shape index (κ3) is 5.59. The van der Waals surface area contributed by atoms with E-state index in [1.54, 1.807) is 12.1 Å². The number of nitrogens with one attached hydrogen (secondary N) is 1. The van der Waals surface area contributed by atoms with Gasteiger partial charge in [0.1, 0.15) is 0 Å². The summed E-state index contributed by atoms with van der Waals surface area (Å²) in [5.74, 6) is -0.212. The van der Waals surface area contributed by atoms with E-state index in [2.05, 4.69) is 10.3 Å². The lowest BCUT2D eigenvalue weighted by atomic mass is 10.1. The molecule has 2 rings (SSSR count). The van der Waals surface area contributed by atoms with Crippen molar-refractivity contribution >= 4 is 29.9 Å². The number of piperidine rings is 1. The largest absolute Gasteiger partial charge is 0.397 e. The Hall–Kier alpha value is -1.82. The van der Waals surface area contributed by atoms with E-state index >= 15 is 0 Å². The molecule has 1 aromatic heterocycles. The van der Waals surface area contributed by atoms with E-state index in [1.165, 1.54) is 12.6 Å². The number of aromatic nitrogens is 1. The van der Waals surface area contributed by atoms with Gasteiger partial charge in [0.15, 0.2) is 0 Å². The molecule has 0 atom stereocenters. The lowest BCUT2D eigenvalue weighted by Crippen LogP contribution is -2.42. The molecule has 1 saturated heterocycles. The average Bonchev–Trinajstić information content (AvgIpc) is 2.48. The average molecular weight is 313 g/mol. The Balaban J connectivity index is 0.00000220. The molecular weight excluding hydrogens is 292 g/mol. The van der Waals surface area contributed by atoms with E-state index < -0.39 is 0 Å². The monoisotopic (exact) mass is 312 g/mol. The topological polar surface area (TPSA) is 88.3 Å². The summed E-state index contributed by atoms with van der Waals surface area (Å²) in [4.78, 5) is 29.5. The minimum atomic E-state index is -0.201. The van der Waals surface area contributed by atoms with Gasteiger partial charge in [-0.25, -0.2) is 0 Å². The van der Waals surface area contributed by atoms with Crippen LogP contribution in [-0.4, -0.2) is 41.3 Å². The molecule has 2 amide bonds. The van der Waals surface area contributed by atoms with Gasteiger partial charge in [0.05, 0.1) is 24.8 Å². The molecule has 1 aromatic rings. The third-order valence-corrected chi connectivity index (χ3v) is 3.33. The van der Waals surface area contributed by atoms with Crippen molar-refractivity contribution in [1.82, 2.24) is 15.2 Å². The molecule has 0 radical (unpaired) electrons. The van der Waals surface area contributed by atoms with Crippen LogP contribution in [0.3, 0.4) is 0 Å². The Labute approximate surface area is 130 Å². The van der Waals surface area contributed by atoms with Crippen LogP contribution in [0.4, 0.5) is 5.69 Å². The van der Waals surface area contributed by atoms with Gasteiger partial charge in [-0.1, -0.05) is 0 Å². The van der Waals surface area contributed by atoms with Crippen LogP contribution in [0, 0.1) is 0 Å². The maximum atomic E-state index is 11.9. The number of hydrogen-bond donors (Lipinski definition) is 2. The molecule has 7 heteroatoms. The van der Waals surface area contributed by atoms with Crippen LogP contribution in [0.5, 0.6) is 0 Å². The molecule has 116 valence electrons. The molecule has 0 unspecified atom stereocenters. The predicted octanol–water partition coefficient (Wildman–Crippen LogP) is 0.757. The van der Waals surface area contributed by atoms with Gasteiger partial charge in [0, 0.05) is 18.8 Å². The van der Waals surface area contributed by atoms with Crippen molar-refractivity contribution in [3.05, 3.63) is 24.0 Å². The summed E-state index contributed by atoms with van der Waals surface area (Å²) in [6, 6.07) is 3.41. The van der Waals surface area contributed by atoms with E-state index in [9.17, 15) is 9.59 Å². The van der Waals surface area contributed by atoms with E-state index in [0.29, 0.717) is 11.4 Å². The smallest absolute Gasteiger partial charge is 0.241 e. The predicted molar refractivity (Wildman–Crippen MR) is 83.0 cm³/mol. The second kappa shape index (κ2) is 8.46. The number of carbonyl (C=O) groups is 2. The number of halogens is 1. The summed E-state index contributed by atoms with van der Waals surface area (Å²) in [6.45, 7) is 1.66. The number of nitrogens with two attached hydrogens (primary N) is 1. The normalized spacial score (nSPS) is 14.2. The molecule has 1 fully saturated rings. The van der Waals surface area contributed by atoms with Gasteiger partial charge in [-0.2, -0.15) is 0 Å². The molecule has 6 nitrogen and oxygen atoms in total. The van der Waals surface area contributed by atoms with E-state index in [-0.39, 0.29) is 37.2 Å². The van der Waals surface area contributed by atoms with Crippen LogP contribution < -0.4 is 11.1 Å². The van der Waals surface area contributed by atoms with Crippen molar-refractivity contribution in [3.8, 4) is 0 Å². The Morgan fingerprint density at radius 2 is 1.95 bits per heavy atom. The van der Waals surface area contributed by atoms with Crippen molar-refractivity contribution in [2.24, 2.45) is 0 Å². The first kappa shape index (κ1) is 17.2. The van der Waals surface area contributed by atoms with E-state index in [1.807, 2.05) is 4.90 Å². The highest BCUT2D eigenvalue weighted by molar-refractivity contribution is 5.86. The first-order valence-electron chi connectivity index (χ1n) is 6.90. The summed E-state index contributed by atoms with van der Waals surface area (Å²) < 4.78 is 0. The number of likely N-dealkylation sites (tertiary alicyclic amines) is 1. The number of rotatable bonds is 4. The zero-order chi connectivity index (χ0) is 14.4. The molecule has 0 bridgehead atoms. The summed E-state index contributed by atoms with van der Waals surface area (Å²) in [6.07, 6.45) is 4.96. The molecule has 3 N–H and O–H groups in total. The van der Waals surface area contributed by atoms with Crippen LogP contribution in [0.25, 0.3) is 0 Å². The van der Waals surface area contributed by atoms with Gasteiger partial charge in [-0.15, -0.1) is 12.4 Å². The molecule has 1 aliphatic heterocycles. The minimum absolute atomic E-state index is 0. The Bertz CT molecular complexity index is 472. The zero-order valence-electron chi connectivity index (χ0n) is 11.9. The number of carbonyl (C=O) groups excluding carboxylic acids is 2.